The molecule has 4 fully saturated rings. The van der Waals surface area contributed by atoms with Gasteiger partial charge in [0.05, 0.1) is 6.20 Å². The minimum atomic E-state index is -0.865. The lowest BCUT2D eigenvalue weighted by Gasteiger charge is -2.59. The topological polar surface area (TPSA) is 58.1 Å². The molecule has 4 bridgehead atoms. The van der Waals surface area contributed by atoms with Crippen LogP contribution in [0.2, 0.25) is 0 Å². The van der Waals surface area contributed by atoms with Gasteiger partial charge in [0.15, 0.2) is 0 Å². The van der Waals surface area contributed by atoms with Gasteiger partial charge in [-0.3, -0.25) is 0 Å². The van der Waals surface area contributed by atoms with Gasteiger partial charge in [-0.25, -0.2) is 4.98 Å². The summed E-state index contributed by atoms with van der Waals surface area (Å²) in [6.45, 7) is 0. The molecular formula is C19H20BBrN2O2. The van der Waals surface area contributed by atoms with E-state index in [1.807, 2.05) is 12.2 Å². The summed E-state index contributed by atoms with van der Waals surface area (Å²) in [5, 5.41) is 11.4. The number of hydrogen-bond donors (Lipinski definition) is 2. The molecule has 5 atom stereocenters. The summed E-state index contributed by atoms with van der Waals surface area (Å²) >= 11 is 4.08. The van der Waals surface area contributed by atoms with Crippen LogP contribution in [-0.4, -0.2) is 26.4 Å². The smallest absolute Gasteiger partial charge is 0.531 e. The normalized spacial score (nSPS) is 38.6. The zero-order valence-corrected chi connectivity index (χ0v) is 15.5. The molecule has 3 heterocycles. The average molecular weight is 399 g/mol. The number of rotatable bonds is 1. The highest BCUT2D eigenvalue weighted by molar-refractivity contribution is 9.10. The van der Waals surface area contributed by atoms with Crippen molar-refractivity contribution < 1.29 is 9.68 Å². The Hall–Kier alpha value is -1.27. The van der Waals surface area contributed by atoms with E-state index >= 15 is 0 Å². The summed E-state index contributed by atoms with van der Waals surface area (Å²) in [6.07, 6.45) is 10.2. The first-order valence-electron chi connectivity index (χ1n) is 9.31. The van der Waals surface area contributed by atoms with E-state index in [0.717, 1.165) is 28.3 Å². The second-order valence-electron chi connectivity index (χ2n) is 8.51. The van der Waals surface area contributed by atoms with E-state index in [9.17, 15) is 5.02 Å². The van der Waals surface area contributed by atoms with Gasteiger partial charge >= 0.3 is 7.12 Å². The Kier molecular flexibility index (Phi) is 2.92. The molecule has 128 valence electrons. The van der Waals surface area contributed by atoms with Crippen LogP contribution in [0, 0.1) is 23.7 Å². The Bertz CT molecular complexity index is 894. The highest BCUT2D eigenvalue weighted by atomic mass is 79.9. The standard InChI is InChI=1S/C19H20BBrN2O2/c21-19-5-10-3-11(6-19)16(12(4-10)7-19)14-8-20(24)25-15-9-23-18-13(17(14)15)1-2-22-18/h1-2,8-12,16,24H,3-7H2,(H,22,23)/t10?,11-,12+,16?,19?. The SMILES string of the molecule is OB1C=C(C2[C@@H]3CC4C[C@H]2CC(Br)(C4)C3)c2c(cnc3[nH]ccc23)O1. The third kappa shape index (κ3) is 2.07. The lowest BCUT2D eigenvalue weighted by molar-refractivity contribution is 0.00742. The fourth-order valence-electron chi connectivity index (χ4n) is 6.49. The Balaban J connectivity index is 1.52. The molecule has 2 aromatic rings. The fourth-order valence-corrected chi connectivity index (χ4v) is 7.78. The zero-order valence-electron chi connectivity index (χ0n) is 13.9. The third-order valence-corrected chi connectivity index (χ3v) is 7.94. The van der Waals surface area contributed by atoms with Crippen molar-refractivity contribution >= 4 is 39.7 Å². The number of aromatic amines is 1. The predicted molar refractivity (Wildman–Crippen MR) is 101 cm³/mol. The molecular weight excluding hydrogens is 379 g/mol. The van der Waals surface area contributed by atoms with Gasteiger partial charge in [0.2, 0.25) is 0 Å². The number of allylic oxidation sites excluding steroid dienone is 1. The minimum absolute atomic E-state index is 0.370. The lowest BCUT2D eigenvalue weighted by atomic mass is 9.49. The van der Waals surface area contributed by atoms with Gasteiger partial charge in [-0.2, -0.15) is 0 Å². The number of nitrogens with one attached hydrogen (secondary N) is 1. The number of fused-ring (bicyclic) bond motifs is 3. The quantitative estimate of drug-likeness (QED) is 0.564. The molecule has 4 aliphatic carbocycles. The molecule has 4 saturated carbocycles. The first-order chi connectivity index (χ1) is 12.1. The van der Waals surface area contributed by atoms with Crippen LogP contribution >= 0.6 is 15.9 Å². The molecule has 25 heavy (non-hydrogen) atoms. The molecule has 2 aromatic heterocycles. The fraction of sp³-hybridized carbons (Fsp3) is 0.526. The van der Waals surface area contributed by atoms with Crippen molar-refractivity contribution in [2.75, 3.05) is 0 Å². The Morgan fingerprint density at radius 2 is 2.08 bits per heavy atom. The number of hydrogen-bond acceptors (Lipinski definition) is 3. The largest absolute Gasteiger partial charge is 0.552 e. The van der Waals surface area contributed by atoms with Crippen LogP contribution in [0.5, 0.6) is 5.75 Å². The van der Waals surface area contributed by atoms with Gasteiger partial charge in [-0.15, -0.1) is 0 Å². The second-order valence-corrected chi connectivity index (χ2v) is 10.2. The first-order valence-corrected chi connectivity index (χ1v) is 10.1. The van der Waals surface area contributed by atoms with Crippen molar-refractivity contribution in [1.29, 1.82) is 0 Å². The second kappa shape index (κ2) is 4.92. The van der Waals surface area contributed by atoms with E-state index < -0.39 is 7.12 Å². The third-order valence-electron chi connectivity index (χ3n) is 6.97. The molecule has 0 amide bonds. The molecule has 0 radical (unpaired) electrons. The van der Waals surface area contributed by atoms with Crippen molar-refractivity contribution in [2.45, 2.75) is 36.4 Å². The van der Waals surface area contributed by atoms with Crippen LogP contribution in [0.1, 0.15) is 37.7 Å². The average Bonchev–Trinajstić information content (AvgIpc) is 3.00. The van der Waals surface area contributed by atoms with Gasteiger partial charge in [0.1, 0.15) is 11.4 Å². The molecule has 0 aromatic carbocycles. The number of pyridine rings is 1. The van der Waals surface area contributed by atoms with Crippen molar-refractivity contribution in [3.63, 3.8) is 0 Å². The monoisotopic (exact) mass is 398 g/mol. The van der Waals surface area contributed by atoms with Gasteiger partial charge in [0, 0.05) is 21.5 Å². The Morgan fingerprint density at radius 1 is 1.28 bits per heavy atom. The number of aromatic nitrogens is 2. The minimum Gasteiger partial charge on any atom is -0.531 e. The molecule has 0 spiro atoms. The van der Waals surface area contributed by atoms with Gasteiger partial charge in [0.25, 0.3) is 0 Å². The molecule has 2 N–H and O–H groups in total. The molecule has 1 aliphatic heterocycles. The summed E-state index contributed by atoms with van der Waals surface area (Å²) in [6, 6.07) is 2.08. The summed E-state index contributed by atoms with van der Waals surface area (Å²) in [7, 11) is -0.865. The van der Waals surface area contributed by atoms with E-state index in [1.165, 1.54) is 37.7 Å². The lowest BCUT2D eigenvalue weighted by Crippen LogP contribution is -2.52. The summed E-state index contributed by atoms with van der Waals surface area (Å²) in [5.41, 5.74) is 3.34. The van der Waals surface area contributed by atoms with Crippen LogP contribution in [-0.2, 0) is 0 Å². The van der Waals surface area contributed by atoms with Crippen molar-refractivity contribution in [1.82, 2.24) is 9.97 Å². The van der Waals surface area contributed by atoms with Gasteiger partial charge in [-0.05, 0) is 73.4 Å². The number of nitrogens with zero attached hydrogens (tertiary/aromatic N) is 1. The maximum atomic E-state index is 10.3. The summed E-state index contributed by atoms with van der Waals surface area (Å²) in [4.78, 5) is 7.66. The van der Waals surface area contributed by atoms with E-state index in [1.54, 1.807) is 6.20 Å². The van der Waals surface area contributed by atoms with Crippen molar-refractivity contribution in [2.24, 2.45) is 23.7 Å². The van der Waals surface area contributed by atoms with Gasteiger partial charge in [-0.1, -0.05) is 15.9 Å². The highest BCUT2D eigenvalue weighted by Crippen LogP contribution is 2.64. The summed E-state index contributed by atoms with van der Waals surface area (Å²) in [5.74, 6) is 5.50. The molecule has 6 heteroatoms. The van der Waals surface area contributed by atoms with Crippen LogP contribution in [0.4, 0.5) is 0 Å². The van der Waals surface area contributed by atoms with E-state index in [-0.39, 0.29) is 0 Å². The highest BCUT2D eigenvalue weighted by Gasteiger charge is 2.55. The van der Waals surface area contributed by atoms with Gasteiger partial charge < -0.3 is 14.7 Å². The van der Waals surface area contributed by atoms with E-state index in [4.69, 9.17) is 4.65 Å². The van der Waals surface area contributed by atoms with E-state index in [0.29, 0.717) is 22.1 Å². The van der Waals surface area contributed by atoms with Crippen molar-refractivity contribution in [3.05, 3.63) is 30.0 Å². The number of alkyl halides is 1. The first kappa shape index (κ1) is 14.9. The Morgan fingerprint density at radius 3 is 2.84 bits per heavy atom. The molecule has 3 unspecified atom stereocenters. The van der Waals surface area contributed by atoms with Crippen LogP contribution in [0.15, 0.2) is 24.4 Å². The van der Waals surface area contributed by atoms with Crippen LogP contribution < -0.4 is 4.65 Å². The maximum absolute atomic E-state index is 10.3. The number of H-pyrrole nitrogens is 1. The summed E-state index contributed by atoms with van der Waals surface area (Å²) < 4.78 is 6.07. The zero-order chi connectivity index (χ0) is 16.8. The Labute approximate surface area is 155 Å². The van der Waals surface area contributed by atoms with E-state index in [2.05, 4.69) is 32.0 Å². The molecule has 7 rings (SSSR count). The number of halogens is 1. The van der Waals surface area contributed by atoms with Crippen molar-refractivity contribution in [3.8, 4) is 5.75 Å². The molecule has 5 aliphatic rings. The predicted octanol–water partition coefficient (Wildman–Crippen LogP) is 3.95. The van der Waals surface area contributed by atoms with Crippen LogP contribution in [0.3, 0.4) is 0 Å². The molecule has 0 saturated heterocycles. The maximum Gasteiger partial charge on any atom is 0.552 e. The molecule has 4 nitrogen and oxygen atoms in total. The van der Waals surface area contributed by atoms with Crippen LogP contribution in [0.25, 0.3) is 16.6 Å².